The summed E-state index contributed by atoms with van der Waals surface area (Å²) in [6.45, 7) is 1.86. The van der Waals surface area contributed by atoms with Gasteiger partial charge in [0, 0.05) is 20.5 Å². The Morgan fingerprint density at radius 3 is 1.96 bits per heavy atom. The third-order valence-electron chi connectivity index (χ3n) is 5.96. The standard InChI is InChI=1S/C23H27NO2/c1-26-22(25)20-12-23(13-20)14-21(15-23)24(16-18-8-4-2-5-9-18)17-19-10-6-3-7-11-19/h2-11,20-21H,12-17H2,1H3/i20D. The van der Waals surface area contributed by atoms with Crippen LogP contribution in [0.15, 0.2) is 60.7 Å². The Bertz CT molecular complexity index is 737. The molecule has 0 bridgehead atoms. The molecule has 0 radical (unpaired) electrons. The maximum Gasteiger partial charge on any atom is 0.308 e. The van der Waals surface area contributed by atoms with Gasteiger partial charge < -0.3 is 4.74 Å². The molecular weight excluding hydrogens is 322 g/mol. The van der Waals surface area contributed by atoms with E-state index in [1.54, 1.807) is 0 Å². The number of benzene rings is 2. The molecule has 0 aliphatic heterocycles. The average molecular weight is 350 g/mol. The van der Waals surface area contributed by atoms with Crippen LogP contribution in [0.25, 0.3) is 0 Å². The largest absolute Gasteiger partial charge is 0.469 e. The fourth-order valence-electron chi connectivity index (χ4n) is 4.58. The predicted octanol–water partition coefficient (Wildman–Crippen LogP) is 4.42. The zero-order valence-corrected chi connectivity index (χ0v) is 15.4. The normalized spacial score (nSPS) is 30.4. The Hall–Kier alpha value is -2.13. The van der Waals surface area contributed by atoms with Gasteiger partial charge in [0.15, 0.2) is 0 Å². The number of methoxy groups -OCH3 is 1. The second-order valence-corrected chi connectivity index (χ2v) is 7.89. The summed E-state index contributed by atoms with van der Waals surface area (Å²) in [5.41, 5.74) is 2.83. The molecule has 2 saturated carbocycles. The van der Waals surface area contributed by atoms with Gasteiger partial charge in [-0.3, -0.25) is 9.69 Å². The molecule has 3 heteroatoms. The minimum atomic E-state index is -1.01. The van der Waals surface area contributed by atoms with E-state index in [4.69, 9.17) is 6.11 Å². The van der Waals surface area contributed by atoms with E-state index in [9.17, 15) is 4.79 Å². The average Bonchev–Trinajstić information content (AvgIpc) is 2.64. The molecule has 2 aliphatic carbocycles. The number of ether oxygens (including phenoxy) is 1. The minimum Gasteiger partial charge on any atom is -0.469 e. The molecule has 0 unspecified atom stereocenters. The van der Waals surface area contributed by atoms with Gasteiger partial charge in [0.2, 0.25) is 0 Å². The van der Waals surface area contributed by atoms with Crippen LogP contribution in [0.2, 0.25) is 0 Å². The molecule has 0 atom stereocenters. The highest BCUT2D eigenvalue weighted by Gasteiger charge is 2.56. The highest BCUT2D eigenvalue weighted by Crippen LogP contribution is 2.60. The molecule has 1 spiro atoms. The van der Waals surface area contributed by atoms with Gasteiger partial charge in [-0.25, -0.2) is 0 Å². The monoisotopic (exact) mass is 350 g/mol. The molecule has 0 saturated heterocycles. The summed E-state index contributed by atoms with van der Waals surface area (Å²) in [6, 6.07) is 21.7. The van der Waals surface area contributed by atoms with Crippen molar-refractivity contribution in [1.82, 2.24) is 4.90 Å². The molecule has 0 aromatic heterocycles. The van der Waals surface area contributed by atoms with Crippen LogP contribution in [-0.4, -0.2) is 24.0 Å². The maximum atomic E-state index is 11.8. The molecule has 4 rings (SSSR count). The van der Waals surface area contributed by atoms with Gasteiger partial charge >= 0.3 is 5.97 Å². The molecule has 0 N–H and O–H groups in total. The first-order valence-electron chi connectivity index (χ1n) is 9.92. The van der Waals surface area contributed by atoms with Crippen molar-refractivity contribution >= 4 is 5.97 Å². The van der Waals surface area contributed by atoms with E-state index in [-0.39, 0.29) is 11.4 Å². The van der Waals surface area contributed by atoms with E-state index < -0.39 is 5.89 Å². The first kappa shape index (κ1) is 16.1. The Labute approximate surface area is 157 Å². The van der Waals surface area contributed by atoms with Crippen LogP contribution in [-0.2, 0) is 22.6 Å². The van der Waals surface area contributed by atoms with E-state index in [1.807, 2.05) is 0 Å². The Morgan fingerprint density at radius 2 is 1.50 bits per heavy atom. The summed E-state index contributed by atoms with van der Waals surface area (Å²) in [5, 5.41) is 0. The van der Waals surface area contributed by atoms with Crippen molar-refractivity contribution in [3.63, 3.8) is 0 Å². The molecule has 2 aromatic carbocycles. The molecule has 2 aliphatic rings. The van der Waals surface area contributed by atoms with Crippen molar-refractivity contribution in [2.24, 2.45) is 11.3 Å². The maximum absolute atomic E-state index is 11.8. The number of carbonyl (C=O) groups is 1. The predicted molar refractivity (Wildman–Crippen MR) is 102 cm³/mol. The van der Waals surface area contributed by atoms with Crippen LogP contribution in [0.5, 0.6) is 0 Å². The molecule has 0 heterocycles. The first-order valence-corrected chi connectivity index (χ1v) is 9.42. The number of rotatable bonds is 6. The van der Waals surface area contributed by atoms with E-state index in [0.717, 1.165) is 25.9 Å². The number of carbonyl (C=O) groups excluding carboxylic acids is 1. The lowest BCUT2D eigenvalue weighted by molar-refractivity contribution is -0.163. The van der Waals surface area contributed by atoms with Crippen LogP contribution in [0.4, 0.5) is 0 Å². The molecule has 2 fully saturated rings. The van der Waals surface area contributed by atoms with Gasteiger partial charge in [-0.1, -0.05) is 60.7 Å². The summed E-state index contributed by atoms with van der Waals surface area (Å²) in [7, 11) is 1.38. The lowest BCUT2D eigenvalue weighted by Gasteiger charge is -2.59. The Kier molecular flexibility index (Phi) is 4.48. The van der Waals surface area contributed by atoms with Crippen LogP contribution in [0.3, 0.4) is 0 Å². The van der Waals surface area contributed by atoms with E-state index in [2.05, 4.69) is 65.6 Å². The van der Waals surface area contributed by atoms with Gasteiger partial charge in [0.1, 0.15) is 0 Å². The number of hydrogen-bond acceptors (Lipinski definition) is 3. The summed E-state index contributed by atoms with van der Waals surface area (Å²) in [4.78, 5) is 14.4. The van der Waals surface area contributed by atoms with Crippen LogP contribution in [0, 0.1) is 11.3 Å². The van der Waals surface area contributed by atoms with Crippen molar-refractivity contribution in [3.8, 4) is 0 Å². The minimum absolute atomic E-state index is 0.173. The molecule has 2 aromatic rings. The quantitative estimate of drug-likeness (QED) is 0.722. The van der Waals surface area contributed by atoms with Crippen molar-refractivity contribution in [2.75, 3.05) is 7.11 Å². The van der Waals surface area contributed by atoms with E-state index >= 15 is 0 Å². The third-order valence-corrected chi connectivity index (χ3v) is 5.96. The number of esters is 1. The molecule has 0 amide bonds. The lowest BCUT2D eigenvalue weighted by atomic mass is 9.49. The van der Waals surface area contributed by atoms with Gasteiger partial charge in [0.25, 0.3) is 0 Å². The van der Waals surface area contributed by atoms with Crippen molar-refractivity contribution in [1.29, 1.82) is 0 Å². The summed E-state index contributed by atoms with van der Waals surface area (Å²) < 4.78 is 13.1. The summed E-state index contributed by atoms with van der Waals surface area (Å²) in [5.74, 6) is -1.38. The summed E-state index contributed by atoms with van der Waals surface area (Å²) >= 11 is 0. The zero-order chi connectivity index (χ0) is 18.9. The zero-order valence-electron chi connectivity index (χ0n) is 16.4. The fraction of sp³-hybridized carbons (Fsp3) is 0.435. The molecule has 136 valence electrons. The van der Waals surface area contributed by atoms with Crippen molar-refractivity contribution in [3.05, 3.63) is 71.8 Å². The van der Waals surface area contributed by atoms with Crippen LogP contribution in [0.1, 0.15) is 38.2 Å². The lowest BCUT2D eigenvalue weighted by Crippen LogP contribution is -2.57. The van der Waals surface area contributed by atoms with Crippen molar-refractivity contribution < 1.29 is 10.9 Å². The van der Waals surface area contributed by atoms with Gasteiger partial charge in [-0.05, 0) is 42.2 Å². The van der Waals surface area contributed by atoms with Gasteiger partial charge in [-0.2, -0.15) is 0 Å². The summed E-state index contributed by atoms with van der Waals surface area (Å²) in [6.07, 6.45) is 3.44. The second kappa shape index (κ2) is 7.24. The van der Waals surface area contributed by atoms with E-state index in [1.165, 1.54) is 18.2 Å². The smallest absolute Gasteiger partial charge is 0.308 e. The third kappa shape index (κ3) is 3.54. The fourth-order valence-corrected chi connectivity index (χ4v) is 4.58. The van der Waals surface area contributed by atoms with E-state index in [0.29, 0.717) is 18.9 Å². The van der Waals surface area contributed by atoms with Crippen LogP contribution < -0.4 is 0 Å². The molecule has 26 heavy (non-hydrogen) atoms. The Balaban J connectivity index is 1.42. The molecule has 3 nitrogen and oxygen atoms in total. The topological polar surface area (TPSA) is 29.5 Å². The second-order valence-electron chi connectivity index (χ2n) is 7.89. The molecular formula is C23H27NO2. The number of hydrogen-bond donors (Lipinski definition) is 0. The SMILES string of the molecule is [2H]C1(C(=O)OC)CC2(CC(N(Cc3ccccc3)Cc3ccccc3)C2)C1. The first-order chi connectivity index (χ1) is 13.0. The van der Waals surface area contributed by atoms with Crippen molar-refractivity contribution in [2.45, 2.75) is 44.8 Å². The highest BCUT2D eigenvalue weighted by atomic mass is 16.5. The van der Waals surface area contributed by atoms with Gasteiger partial charge in [-0.15, -0.1) is 0 Å². The van der Waals surface area contributed by atoms with Gasteiger partial charge in [0.05, 0.1) is 13.0 Å². The Morgan fingerprint density at radius 1 is 1.00 bits per heavy atom. The highest BCUT2D eigenvalue weighted by molar-refractivity contribution is 5.73. The van der Waals surface area contributed by atoms with Crippen LogP contribution >= 0.6 is 0 Å². The number of nitrogens with zero attached hydrogens (tertiary/aromatic N) is 1.